The van der Waals surface area contributed by atoms with Crippen LogP contribution in [0.2, 0.25) is 0 Å². The molecule has 0 bridgehead atoms. The van der Waals surface area contributed by atoms with Gasteiger partial charge in [-0.3, -0.25) is 9.48 Å². The van der Waals surface area contributed by atoms with Gasteiger partial charge in [-0.05, 0) is 18.9 Å². The summed E-state index contributed by atoms with van der Waals surface area (Å²) in [6.07, 6.45) is 5.19. The molecule has 0 atom stereocenters. The summed E-state index contributed by atoms with van der Waals surface area (Å²) in [5.74, 6) is 0.396. The third-order valence-electron chi connectivity index (χ3n) is 3.36. The quantitative estimate of drug-likeness (QED) is 0.731. The van der Waals surface area contributed by atoms with Gasteiger partial charge in [-0.15, -0.1) is 0 Å². The highest BCUT2D eigenvalue weighted by molar-refractivity contribution is 5.80. The Morgan fingerprint density at radius 2 is 1.94 bits per heavy atom. The third-order valence-corrected chi connectivity index (χ3v) is 3.36. The Morgan fingerprint density at radius 1 is 1.19 bits per heavy atom. The molecule has 1 fully saturated rings. The molecule has 0 radical (unpaired) electrons. The number of nitrogens with zero attached hydrogens (tertiary/aromatic N) is 2. The topological polar surface area (TPSA) is 34.9 Å². The highest BCUT2D eigenvalue weighted by Crippen LogP contribution is 2.28. The SMILES string of the molecule is O=C1CCC(n2ncc3ccccc32)CC1. The second kappa shape index (κ2) is 3.74. The van der Waals surface area contributed by atoms with Gasteiger partial charge in [-0.1, -0.05) is 18.2 Å². The van der Waals surface area contributed by atoms with Crippen molar-refractivity contribution >= 4 is 16.7 Å². The molecule has 1 aromatic heterocycles. The molecule has 16 heavy (non-hydrogen) atoms. The maximum atomic E-state index is 11.2. The van der Waals surface area contributed by atoms with E-state index in [9.17, 15) is 4.79 Å². The number of rotatable bonds is 1. The predicted molar refractivity (Wildman–Crippen MR) is 62.2 cm³/mol. The first-order chi connectivity index (χ1) is 7.84. The first kappa shape index (κ1) is 9.58. The van der Waals surface area contributed by atoms with E-state index < -0.39 is 0 Å². The lowest BCUT2D eigenvalue weighted by molar-refractivity contribution is -0.120. The van der Waals surface area contributed by atoms with Crippen LogP contribution in [-0.4, -0.2) is 15.6 Å². The van der Waals surface area contributed by atoms with Crippen LogP contribution in [0.5, 0.6) is 0 Å². The highest BCUT2D eigenvalue weighted by atomic mass is 16.1. The first-order valence-corrected chi connectivity index (χ1v) is 5.78. The van der Waals surface area contributed by atoms with Gasteiger partial charge in [0.15, 0.2) is 0 Å². The lowest BCUT2D eigenvalue weighted by Crippen LogP contribution is -2.18. The summed E-state index contributed by atoms with van der Waals surface area (Å²) in [5, 5.41) is 5.63. The van der Waals surface area contributed by atoms with E-state index in [0.29, 0.717) is 24.7 Å². The van der Waals surface area contributed by atoms with E-state index in [1.54, 1.807) is 0 Å². The molecule has 1 saturated carbocycles. The summed E-state index contributed by atoms with van der Waals surface area (Å²) in [6.45, 7) is 0. The van der Waals surface area contributed by atoms with Crippen molar-refractivity contribution < 1.29 is 4.79 Å². The lowest BCUT2D eigenvalue weighted by Gasteiger charge is -2.22. The maximum Gasteiger partial charge on any atom is 0.133 e. The van der Waals surface area contributed by atoms with E-state index >= 15 is 0 Å². The molecule has 3 heteroatoms. The second-order valence-electron chi connectivity index (χ2n) is 4.42. The highest BCUT2D eigenvalue weighted by Gasteiger charge is 2.21. The number of Topliss-reactive ketones (excluding diaryl/α,β-unsaturated/α-hetero) is 1. The number of hydrogen-bond donors (Lipinski definition) is 0. The number of benzene rings is 1. The van der Waals surface area contributed by atoms with Gasteiger partial charge in [0.05, 0.1) is 17.8 Å². The molecule has 1 aliphatic carbocycles. The van der Waals surface area contributed by atoms with Crippen molar-refractivity contribution in [3.63, 3.8) is 0 Å². The normalized spacial score (nSPS) is 18.1. The molecule has 0 unspecified atom stereocenters. The fourth-order valence-electron chi connectivity index (χ4n) is 2.45. The minimum atomic E-state index is 0.396. The number of para-hydroxylation sites is 1. The Bertz CT molecular complexity index is 519. The second-order valence-corrected chi connectivity index (χ2v) is 4.42. The molecule has 1 aromatic carbocycles. The summed E-state index contributed by atoms with van der Waals surface area (Å²) in [5.41, 5.74) is 1.18. The smallest absolute Gasteiger partial charge is 0.133 e. The summed E-state index contributed by atoms with van der Waals surface area (Å²) in [4.78, 5) is 11.2. The van der Waals surface area contributed by atoms with Gasteiger partial charge in [0.25, 0.3) is 0 Å². The van der Waals surface area contributed by atoms with E-state index in [2.05, 4.69) is 21.9 Å². The first-order valence-electron chi connectivity index (χ1n) is 5.78. The van der Waals surface area contributed by atoms with Crippen LogP contribution in [-0.2, 0) is 4.79 Å². The van der Waals surface area contributed by atoms with Gasteiger partial charge in [0.2, 0.25) is 0 Å². The van der Waals surface area contributed by atoms with Crippen LogP contribution in [0, 0.1) is 0 Å². The third kappa shape index (κ3) is 1.52. The average molecular weight is 214 g/mol. The van der Waals surface area contributed by atoms with Crippen LogP contribution >= 0.6 is 0 Å². The van der Waals surface area contributed by atoms with Crippen molar-refractivity contribution in [2.45, 2.75) is 31.7 Å². The summed E-state index contributed by atoms with van der Waals surface area (Å²) in [7, 11) is 0. The number of hydrogen-bond acceptors (Lipinski definition) is 2. The van der Waals surface area contributed by atoms with Crippen molar-refractivity contribution in [1.82, 2.24) is 9.78 Å². The average Bonchev–Trinajstić information content (AvgIpc) is 2.74. The molecule has 0 spiro atoms. The van der Waals surface area contributed by atoms with E-state index in [1.165, 1.54) is 10.9 Å². The fourth-order valence-corrected chi connectivity index (χ4v) is 2.45. The summed E-state index contributed by atoms with van der Waals surface area (Å²) in [6, 6.07) is 8.64. The lowest BCUT2D eigenvalue weighted by atomic mass is 9.94. The molecule has 3 rings (SSSR count). The largest absolute Gasteiger partial charge is 0.300 e. The zero-order chi connectivity index (χ0) is 11.0. The molecule has 1 aliphatic rings. The van der Waals surface area contributed by atoms with Crippen molar-refractivity contribution in [2.75, 3.05) is 0 Å². The van der Waals surface area contributed by atoms with E-state index in [1.807, 2.05) is 18.3 Å². The molecule has 0 amide bonds. The Labute approximate surface area is 94.1 Å². The van der Waals surface area contributed by atoms with Crippen LogP contribution < -0.4 is 0 Å². The summed E-state index contributed by atoms with van der Waals surface area (Å²) < 4.78 is 2.09. The maximum absolute atomic E-state index is 11.2. The van der Waals surface area contributed by atoms with Crippen molar-refractivity contribution in [3.8, 4) is 0 Å². The molecular weight excluding hydrogens is 200 g/mol. The Kier molecular flexibility index (Phi) is 2.24. The standard InChI is InChI=1S/C13H14N2O/c16-12-7-5-11(6-8-12)15-13-4-2-1-3-10(13)9-14-15/h1-4,9,11H,5-8H2. The van der Waals surface area contributed by atoms with Crippen LogP contribution in [0.25, 0.3) is 10.9 Å². The molecule has 0 N–H and O–H groups in total. The van der Waals surface area contributed by atoms with Crippen LogP contribution in [0.1, 0.15) is 31.7 Å². The van der Waals surface area contributed by atoms with E-state index in [-0.39, 0.29) is 0 Å². The number of carbonyl (C=O) groups excluding carboxylic acids is 1. The zero-order valence-electron chi connectivity index (χ0n) is 9.10. The van der Waals surface area contributed by atoms with Gasteiger partial charge in [0, 0.05) is 18.2 Å². The van der Waals surface area contributed by atoms with Crippen molar-refractivity contribution in [1.29, 1.82) is 0 Å². The zero-order valence-corrected chi connectivity index (χ0v) is 9.10. The number of aromatic nitrogens is 2. The van der Waals surface area contributed by atoms with Crippen LogP contribution in [0.4, 0.5) is 0 Å². The van der Waals surface area contributed by atoms with E-state index in [0.717, 1.165) is 12.8 Å². The molecule has 82 valence electrons. The monoisotopic (exact) mass is 214 g/mol. The number of ketones is 1. The Morgan fingerprint density at radius 3 is 2.75 bits per heavy atom. The van der Waals surface area contributed by atoms with Crippen molar-refractivity contribution in [2.24, 2.45) is 0 Å². The molecule has 0 aliphatic heterocycles. The van der Waals surface area contributed by atoms with Gasteiger partial charge in [0.1, 0.15) is 5.78 Å². The Balaban J connectivity index is 1.97. The van der Waals surface area contributed by atoms with Crippen LogP contribution in [0.15, 0.2) is 30.5 Å². The van der Waals surface area contributed by atoms with Gasteiger partial charge in [-0.2, -0.15) is 5.10 Å². The van der Waals surface area contributed by atoms with E-state index in [4.69, 9.17) is 0 Å². The molecule has 0 saturated heterocycles. The molecule has 1 heterocycles. The van der Waals surface area contributed by atoms with Gasteiger partial charge < -0.3 is 0 Å². The number of carbonyl (C=O) groups is 1. The molecule has 2 aromatic rings. The van der Waals surface area contributed by atoms with Crippen molar-refractivity contribution in [3.05, 3.63) is 30.5 Å². The minimum Gasteiger partial charge on any atom is -0.300 e. The predicted octanol–water partition coefficient (Wildman–Crippen LogP) is 2.72. The molecule has 3 nitrogen and oxygen atoms in total. The fraction of sp³-hybridized carbons (Fsp3) is 0.385. The molecular formula is C13H14N2O. The van der Waals surface area contributed by atoms with Gasteiger partial charge >= 0.3 is 0 Å². The number of fused-ring (bicyclic) bond motifs is 1. The van der Waals surface area contributed by atoms with Gasteiger partial charge in [-0.25, -0.2) is 0 Å². The summed E-state index contributed by atoms with van der Waals surface area (Å²) >= 11 is 0. The Hall–Kier alpha value is -1.64. The van der Waals surface area contributed by atoms with Crippen LogP contribution in [0.3, 0.4) is 0 Å². The minimum absolute atomic E-state index is 0.396.